The van der Waals surface area contributed by atoms with E-state index in [0.717, 1.165) is 4.31 Å². The molecule has 0 aliphatic carbocycles. The minimum Gasteiger partial charge on any atom is -0.494 e. The maximum atomic E-state index is 13.2. The first-order chi connectivity index (χ1) is 14.3. The van der Waals surface area contributed by atoms with Crippen molar-refractivity contribution < 1.29 is 32.2 Å². The number of sulfonamides is 1. The zero-order valence-electron chi connectivity index (χ0n) is 17.2. The van der Waals surface area contributed by atoms with E-state index in [1.54, 1.807) is 26.0 Å². The molecule has 0 saturated carbocycles. The number of nitrogens with zero attached hydrogens (tertiary/aromatic N) is 1. The van der Waals surface area contributed by atoms with Gasteiger partial charge in [-0.2, -0.15) is 0 Å². The van der Waals surface area contributed by atoms with Crippen molar-refractivity contribution in [3.05, 3.63) is 54.1 Å². The van der Waals surface area contributed by atoms with Crippen LogP contribution in [0.15, 0.2) is 53.4 Å². The predicted octanol–water partition coefficient (Wildman–Crippen LogP) is 3.02. The van der Waals surface area contributed by atoms with Gasteiger partial charge in [-0.05, 0) is 69.3 Å². The van der Waals surface area contributed by atoms with Crippen LogP contribution >= 0.6 is 0 Å². The van der Waals surface area contributed by atoms with Crippen molar-refractivity contribution in [3.8, 4) is 5.75 Å². The van der Waals surface area contributed by atoms with Gasteiger partial charge in [0.25, 0.3) is 10.0 Å². The molecule has 0 aliphatic rings. The predicted molar refractivity (Wildman–Crippen MR) is 111 cm³/mol. The SMILES string of the molecule is CCOC(=O)CN(c1ccc(C(=O)OCC)cc1)S(=O)(=O)c1ccc(OCC)cc1. The molecule has 0 N–H and O–H groups in total. The summed E-state index contributed by atoms with van der Waals surface area (Å²) in [7, 11) is -4.08. The van der Waals surface area contributed by atoms with Gasteiger partial charge >= 0.3 is 11.9 Å². The normalized spacial score (nSPS) is 10.9. The van der Waals surface area contributed by atoms with Gasteiger partial charge in [0.05, 0.1) is 36.0 Å². The lowest BCUT2D eigenvalue weighted by atomic mass is 10.2. The van der Waals surface area contributed by atoms with Crippen molar-refractivity contribution in [1.29, 1.82) is 0 Å². The molecule has 0 radical (unpaired) electrons. The molecule has 30 heavy (non-hydrogen) atoms. The lowest BCUT2D eigenvalue weighted by molar-refractivity contribution is -0.141. The molecule has 0 atom stereocenters. The third-order valence-corrected chi connectivity index (χ3v) is 5.76. The van der Waals surface area contributed by atoms with E-state index in [1.807, 2.05) is 6.92 Å². The van der Waals surface area contributed by atoms with Crippen LogP contribution in [0, 0.1) is 0 Å². The molecule has 2 aromatic rings. The fraction of sp³-hybridized carbons (Fsp3) is 0.333. The molecule has 162 valence electrons. The number of hydrogen-bond donors (Lipinski definition) is 0. The van der Waals surface area contributed by atoms with Gasteiger partial charge in [0.2, 0.25) is 0 Å². The van der Waals surface area contributed by atoms with E-state index in [2.05, 4.69) is 0 Å². The van der Waals surface area contributed by atoms with E-state index in [9.17, 15) is 18.0 Å². The number of benzene rings is 2. The van der Waals surface area contributed by atoms with E-state index in [4.69, 9.17) is 14.2 Å². The smallest absolute Gasteiger partial charge is 0.338 e. The average Bonchev–Trinajstić information content (AvgIpc) is 2.73. The van der Waals surface area contributed by atoms with E-state index < -0.39 is 28.5 Å². The number of carbonyl (C=O) groups excluding carboxylic acids is 2. The van der Waals surface area contributed by atoms with Crippen molar-refractivity contribution in [3.63, 3.8) is 0 Å². The van der Waals surface area contributed by atoms with Crippen LogP contribution in [0.2, 0.25) is 0 Å². The van der Waals surface area contributed by atoms with Gasteiger partial charge in [-0.25, -0.2) is 13.2 Å². The third kappa shape index (κ3) is 5.73. The minimum atomic E-state index is -4.08. The number of ether oxygens (including phenoxy) is 3. The monoisotopic (exact) mass is 435 g/mol. The van der Waals surface area contributed by atoms with Crippen molar-refractivity contribution in [2.24, 2.45) is 0 Å². The van der Waals surface area contributed by atoms with Gasteiger partial charge in [0.15, 0.2) is 0 Å². The lowest BCUT2D eigenvalue weighted by Gasteiger charge is -2.24. The Labute approximate surface area is 176 Å². The summed E-state index contributed by atoms with van der Waals surface area (Å²) in [6, 6.07) is 11.7. The second kappa shape index (κ2) is 10.6. The summed E-state index contributed by atoms with van der Waals surface area (Å²) < 4.78 is 42.6. The van der Waals surface area contributed by atoms with E-state index >= 15 is 0 Å². The summed E-state index contributed by atoms with van der Waals surface area (Å²) in [4.78, 5) is 23.9. The van der Waals surface area contributed by atoms with Crippen molar-refractivity contribution in [2.45, 2.75) is 25.7 Å². The van der Waals surface area contributed by atoms with Crippen LogP contribution in [0.5, 0.6) is 5.75 Å². The number of carbonyl (C=O) groups is 2. The fourth-order valence-corrected chi connectivity index (χ4v) is 4.03. The first kappa shape index (κ1) is 23.2. The Morgan fingerprint density at radius 3 is 1.97 bits per heavy atom. The molecule has 0 fully saturated rings. The van der Waals surface area contributed by atoms with Gasteiger partial charge in [-0.3, -0.25) is 9.10 Å². The molecule has 0 unspecified atom stereocenters. The summed E-state index contributed by atoms with van der Waals surface area (Å²) >= 11 is 0. The zero-order valence-corrected chi connectivity index (χ0v) is 18.0. The van der Waals surface area contributed by atoms with Crippen molar-refractivity contribution in [1.82, 2.24) is 0 Å². The van der Waals surface area contributed by atoms with Gasteiger partial charge in [-0.15, -0.1) is 0 Å². The average molecular weight is 435 g/mol. The number of esters is 2. The van der Waals surface area contributed by atoms with Gasteiger partial charge in [0, 0.05) is 0 Å². The second-order valence-electron chi connectivity index (χ2n) is 5.99. The standard InChI is InChI=1S/C21H25NO7S/c1-4-27-18-11-13-19(14-12-18)30(25,26)22(15-20(23)28-5-2)17-9-7-16(8-10-17)21(24)29-6-3/h7-14H,4-6,15H2,1-3H3. The molecule has 0 spiro atoms. The molecule has 2 rings (SSSR count). The maximum absolute atomic E-state index is 13.2. The van der Waals surface area contributed by atoms with Crippen LogP contribution in [0.3, 0.4) is 0 Å². The van der Waals surface area contributed by atoms with Crippen LogP contribution < -0.4 is 9.04 Å². The van der Waals surface area contributed by atoms with Crippen LogP contribution in [0.25, 0.3) is 0 Å². The molecule has 8 nitrogen and oxygen atoms in total. The highest BCUT2D eigenvalue weighted by molar-refractivity contribution is 7.92. The van der Waals surface area contributed by atoms with Crippen molar-refractivity contribution in [2.75, 3.05) is 30.7 Å². The first-order valence-corrected chi connectivity index (χ1v) is 11.0. The quantitative estimate of drug-likeness (QED) is 0.529. The Morgan fingerprint density at radius 1 is 0.833 bits per heavy atom. The summed E-state index contributed by atoms with van der Waals surface area (Å²) in [5, 5.41) is 0. The fourth-order valence-electron chi connectivity index (χ4n) is 2.62. The largest absolute Gasteiger partial charge is 0.494 e. The molecule has 0 aromatic heterocycles. The van der Waals surface area contributed by atoms with Crippen molar-refractivity contribution >= 4 is 27.6 Å². The molecule has 0 aliphatic heterocycles. The molecule has 0 saturated heterocycles. The van der Waals surface area contributed by atoms with Gasteiger partial charge in [-0.1, -0.05) is 0 Å². The van der Waals surface area contributed by atoms with Gasteiger partial charge in [0.1, 0.15) is 12.3 Å². The highest BCUT2D eigenvalue weighted by Gasteiger charge is 2.28. The summed E-state index contributed by atoms with van der Waals surface area (Å²) in [6.07, 6.45) is 0. The number of hydrogen-bond acceptors (Lipinski definition) is 7. The second-order valence-corrected chi connectivity index (χ2v) is 7.85. The molecule has 9 heteroatoms. The topological polar surface area (TPSA) is 99.2 Å². The van der Waals surface area contributed by atoms with E-state index in [1.165, 1.54) is 36.4 Å². The Morgan fingerprint density at radius 2 is 1.43 bits per heavy atom. The van der Waals surface area contributed by atoms with E-state index in [0.29, 0.717) is 12.4 Å². The highest BCUT2D eigenvalue weighted by Crippen LogP contribution is 2.26. The Kier molecular flexibility index (Phi) is 8.23. The molecule has 0 bridgehead atoms. The summed E-state index contributed by atoms with van der Waals surface area (Å²) in [6.45, 7) is 5.44. The molecule has 0 amide bonds. The Balaban J connectivity index is 2.41. The van der Waals surface area contributed by atoms with Crippen LogP contribution in [-0.2, 0) is 24.3 Å². The maximum Gasteiger partial charge on any atom is 0.338 e. The number of rotatable bonds is 10. The third-order valence-electron chi connectivity index (χ3n) is 3.97. The number of anilines is 1. The zero-order chi connectivity index (χ0) is 22.1. The molecule has 2 aromatic carbocycles. The lowest BCUT2D eigenvalue weighted by Crippen LogP contribution is -2.36. The minimum absolute atomic E-state index is 0.00952. The molecule has 0 heterocycles. The summed E-state index contributed by atoms with van der Waals surface area (Å²) in [5.41, 5.74) is 0.486. The Bertz CT molecular complexity index is 954. The summed E-state index contributed by atoms with van der Waals surface area (Å²) in [5.74, 6) is -0.677. The van der Waals surface area contributed by atoms with Gasteiger partial charge < -0.3 is 14.2 Å². The Hall–Kier alpha value is -3.07. The van der Waals surface area contributed by atoms with Crippen LogP contribution in [-0.4, -0.2) is 46.7 Å². The van der Waals surface area contributed by atoms with Crippen LogP contribution in [0.4, 0.5) is 5.69 Å². The molecular formula is C21H25NO7S. The molecular weight excluding hydrogens is 410 g/mol. The van der Waals surface area contributed by atoms with E-state index in [-0.39, 0.29) is 29.4 Å². The highest BCUT2D eigenvalue weighted by atomic mass is 32.2. The van der Waals surface area contributed by atoms with Crippen LogP contribution in [0.1, 0.15) is 31.1 Å². The first-order valence-electron chi connectivity index (χ1n) is 9.51.